The van der Waals surface area contributed by atoms with Crippen LogP contribution in [0.3, 0.4) is 0 Å². The molecule has 0 spiro atoms. The van der Waals surface area contributed by atoms with E-state index in [1.165, 1.54) is 0 Å². The summed E-state index contributed by atoms with van der Waals surface area (Å²) in [5, 5.41) is 10.2. The normalized spacial score (nSPS) is 12.0. The van der Waals surface area contributed by atoms with Gasteiger partial charge < -0.3 is 10.1 Å². The van der Waals surface area contributed by atoms with Crippen molar-refractivity contribution in [3.05, 3.63) is 29.8 Å². The number of rotatable bonds is 9. The number of carbonyl (C=O) groups excluding carboxylic acids is 1. The molecule has 1 heterocycles. The van der Waals surface area contributed by atoms with Crippen molar-refractivity contribution in [2.24, 2.45) is 5.41 Å². The van der Waals surface area contributed by atoms with Crippen LogP contribution in [0.4, 0.5) is 5.13 Å². The third-order valence-electron chi connectivity index (χ3n) is 3.73. The molecular weight excluding hydrogens is 400 g/mol. The first-order chi connectivity index (χ1) is 13.1. The van der Waals surface area contributed by atoms with E-state index >= 15 is 0 Å². The minimum Gasteiger partial charge on any atom is -0.494 e. The fourth-order valence-corrected chi connectivity index (χ4v) is 4.22. The topological polar surface area (TPSA) is 110 Å². The number of hydrogen-bond donors (Lipinski definition) is 2. The van der Waals surface area contributed by atoms with Crippen LogP contribution in [0.5, 0.6) is 5.75 Å². The van der Waals surface area contributed by atoms with Crippen LogP contribution in [0.15, 0.2) is 28.6 Å². The highest BCUT2D eigenvalue weighted by Crippen LogP contribution is 2.23. The molecule has 0 saturated carbocycles. The van der Waals surface area contributed by atoms with Crippen LogP contribution in [0.1, 0.15) is 39.7 Å². The van der Waals surface area contributed by atoms with E-state index in [1.807, 2.05) is 31.2 Å². The summed E-state index contributed by atoms with van der Waals surface area (Å²) in [6.45, 7) is 8.02. The molecular formula is C18H26N4O4S2. The van der Waals surface area contributed by atoms with Crippen LogP contribution in [0.25, 0.3) is 0 Å². The number of carbonyl (C=O) groups is 1. The van der Waals surface area contributed by atoms with Gasteiger partial charge in [-0.1, -0.05) is 50.3 Å². The van der Waals surface area contributed by atoms with Gasteiger partial charge in [-0.3, -0.25) is 4.79 Å². The van der Waals surface area contributed by atoms with Gasteiger partial charge in [-0.15, -0.1) is 10.2 Å². The van der Waals surface area contributed by atoms with Crippen molar-refractivity contribution in [3.63, 3.8) is 0 Å². The predicted octanol–water partition coefficient (Wildman–Crippen LogP) is 2.83. The molecule has 0 bridgehead atoms. The Morgan fingerprint density at radius 3 is 2.61 bits per heavy atom. The Balaban J connectivity index is 1.90. The molecule has 0 atom stereocenters. The van der Waals surface area contributed by atoms with Gasteiger partial charge in [-0.05, 0) is 31.4 Å². The Morgan fingerprint density at radius 1 is 1.21 bits per heavy atom. The zero-order valence-corrected chi connectivity index (χ0v) is 18.1. The zero-order chi connectivity index (χ0) is 20.8. The second-order valence-corrected chi connectivity index (χ2v) is 10.0. The smallest absolute Gasteiger partial charge is 0.269 e. The monoisotopic (exact) mass is 426 g/mol. The van der Waals surface area contributed by atoms with E-state index in [9.17, 15) is 13.2 Å². The van der Waals surface area contributed by atoms with E-state index in [0.29, 0.717) is 19.4 Å². The van der Waals surface area contributed by atoms with Crippen LogP contribution in [-0.4, -0.2) is 37.7 Å². The summed E-state index contributed by atoms with van der Waals surface area (Å²) >= 11 is 0.823. The molecule has 0 aliphatic rings. The maximum Gasteiger partial charge on any atom is 0.269 e. The number of benzene rings is 1. The standard InChI is InChI=1S/C18H26N4O4S2/c1-5-26-14-11-7-6-9-13(14)10-8-12-19-28(24,25)17-22-21-16(27-17)20-15(23)18(2,3)4/h6-7,9,11,19H,5,8,10,12H2,1-4H3,(H,20,21,23). The van der Waals surface area contributed by atoms with Crippen LogP contribution < -0.4 is 14.8 Å². The van der Waals surface area contributed by atoms with Crippen LogP contribution in [-0.2, 0) is 21.2 Å². The number of sulfonamides is 1. The van der Waals surface area contributed by atoms with Gasteiger partial charge in [0, 0.05) is 12.0 Å². The molecule has 2 N–H and O–H groups in total. The molecule has 0 unspecified atom stereocenters. The summed E-state index contributed by atoms with van der Waals surface area (Å²) in [5.41, 5.74) is 0.424. The molecule has 0 saturated heterocycles. The van der Waals surface area contributed by atoms with Crippen molar-refractivity contribution in [1.82, 2.24) is 14.9 Å². The van der Waals surface area contributed by atoms with Crippen molar-refractivity contribution in [3.8, 4) is 5.75 Å². The van der Waals surface area contributed by atoms with Gasteiger partial charge in [-0.25, -0.2) is 13.1 Å². The lowest BCUT2D eigenvalue weighted by atomic mass is 9.96. The van der Waals surface area contributed by atoms with E-state index in [1.54, 1.807) is 20.8 Å². The highest BCUT2D eigenvalue weighted by molar-refractivity contribution is 7.91. The molecule has 0 fully saturated rings. The maximum atomic E-state index is 12.4. The highest BCUT2D eigenvalue weighted by Gasteiger charge is 2.25. The van der Waals surface area contributed by atoms with Crippen LogP contribution >= 0.6 is 11.3 Å². The second-order valence-electron chi connectivity index (χ2n) is 7.12. The number of amides is 1. The first kappa shape index (κ1) is 22.3. The molecule has 8 nitrogen and oxygen atoms in total. The molecule has 1 amide bonds. The second kappa shape index (κ2) is 9.44. The lowest BCUT2D eigenvalue weighted by molar-refractivity contribution is -0.123. The van der Waals surface area contributed by atoms with Gasteiger partial charge in [-0.2, -0.15) is 0 Å². The van der Waals surface area contributed by atoms with Crippen molar-refractivity contribution in [2.75, 3.05) is 18.5 Å². The Labute approximate surface area is 169 Å². The van der Waals surface area contributed by atoms with Crippen molar-refractivity contribution >= 4 is 32.4 Å². The average molecular weight is 427 g/mol. The third kappa shape index (κ3) is 6.25. The number of aromatic nitrogens is 2. The van der Waals surface area contributed by atoms with Gasteiger partial charge in [0.15, 0.2) is 0 Å². The van der Waals surface area contributed by atoms with Gasteiger partial charge in [0.2, 0.25) is 15.4 Å². The maximum absolute atomic E-state index is 12.4. The summed E-state index contributed by atoms with van der Waals surface area (Å²) in [5.74, 6) is 0.560. The molecule has 154 valence electrons. The first-order valence-corrected chi connectivity index (χ1v) is 11.3. The van der Waals surface area contributed by atoms with Crippen LogP contribution in [0.2, 0.25) is 0 Å². The van der Waals surface area contributed by atoms with Crippen LogP contribution in [0, 0.1) is 5.41 Å². The summed E-state index contributed by atoms with van der Waals surface area (Å²) in [7, 11) is -3.77. The SMILES string of the molecule is CCOc1ccccc1CCCNS(=O)(=O)c1nnc(NC(=O)C(C)(C)C)s1. The largest absolute Gasteiger partial charge is 0.494 e. The lowest BCUT2D eigenvalue weighted by Crippen LogP contribution is -2.27. The third-order valence-corrected chi connectivity index (χ3v) is 6.39. The summed E-state index contributed by atoms with van der Waals surface area (Å²) in [6.07, 6.45) is 1.29. The van der Waals surface area contributed by atoms with Gasteiger partial charge in [0.05, 0.1) is 6.61 Å². The Morgan fingerprint density at radius 2 is 1.93 bits per heavy atom. The summed E-state index contributed by atoms with van der Waals surface area (Å²) in [4.78, 5) is 12.0. The Bertz CT molecular complexity index is 904. The fourth-order valence-electron chi connectivity index (χ4n) is 2.21. The minimum absolute atomic E-state index is 0.158. The Kier molecular flexibility index (Phi) is 7.50. The first-order valence-electron chi connectivity index (χ1n) is 8.99. The quantitative estimate of drug-likeness (QED) is 0.471. The number of ether oxygens (including phenoxy) is 1. The van der Waals surface area contributed by atoms with Gasteiger partial charge >= 0.3 is 0 Å². The summed E-state index contributed by atoms with van der Waals surface area (Å²) < 4.78 is 32.7. The number of para-hydroxylation sites is 1. The molecule has 2 aromatic rings. The van der Waals surface area contributed by atoms with E-state index < -0.39 is 15.4 Å². The number of hydrogen-bond acceptors (Lipinski definition) is 7. The lowest BCUT2D eigenvalue weighted by Gasteiger charge is -2.15. The Hall–Kier alpha value is -2.04. The molecule has 1 aromatic carbocycles. The molecule has 10 heteroatoms. The number of nitrogens with zero attached hydrogens (tertiary/aromatic N) is 2. The van der Waals surface area contributed by atoms with Crippen molar-refractivity contribution in [2.45, 2.75) is 44.9 Å². The minimum atomic E-state index is -3.77. The van der Waals surface area contributed by atoms with E-state index in [0.717, 1.165) is 22.6 Å². The molecule has 0 radical (unpaired) electrons. The fraction of sp³-hybridized carbons (Fsp3) is 0.500. The number of anilines is 1. The van der Waals surface area contributed by atoms with E-state index in [4.69, 9.17) is 4.74 Å². The molecule has 2 rings (SSSR count). The number of aryl methyl sites for hydroxylation is 1. The molecule has 0 aliphatic heterocycles. The average Bonchev–Trinajstić information content (AvgIpc) is 3.09. The molecule has 28 heavy (non-hydrogen) atoms. The number of nitrogens with one attached hydrogen (secondary N) is 2. The highest BCUT2D eigenvalue weighted by atomic mass is 32.2. The molecule has 0 aliphatic carbocycles. The van der Waals surface area contributed by atoms with Crippen molar-refractivity contribution < 1.29 is 17.9 Å². The van der Waals surface area contributed by atoms with Crippen molar-refractivity contribution in [1.29, 1.82) is 0 Å². The zero-order valence-electron chi connectivity index (χ0n) is 16.5. The van der Waals surface area contributed by atoms with Gasteiger partial charge in [0.1, 0.15) is 5.75 Å². The molecule has 1 aromatic heterocycles. The van der Waals surface area contributed by atoms with E-state index in [-0.39, 0.29) is 21.9 Å². The predicted molar refractivity (Wildman–Crippen MR) is 109 cm³/mol. The van der Waals surface area contributed by atoms with E-state index in [2.05, 4.69) is 20.2 Å². The summed E-state index contributed by atoms with van der Waals surface area (Å²) in [6, 6.07) is 7.70. The van der Waals surface area contributed by atoms with Gasteiger partial charge in [0.25, 0.3) is 10.0 Å².